The second kappa shape index (κ2) is 11.9. The third-order valence-corrected chi connectivity index (χ3v) is 5.36. The number of fused-ring (bicyclic) bond motifs is 1. The average molecular weight is 470 g/mol. The van der Waals surface area contributed by atoms with Crippen LogP contribution in [-0.4, -0.2) is 46.1 Å². The first-order chi connectivity index (χ1) is 15.2. The Balaban J connectivity index is 2.31. The monoisotopic (exact) mass is 469 g/mol. The normalized spacial score (nSPS) is 12.2. The van der Waals surface area contributed by atoms with Gasteiger partial charge >= 0.3 is 17.6 Å². The Labute approximate surface area is 192 Å². The molecule has 1 unspecified atom stereocenters. The van der Waals surface area contributed by atoms with Gasteiger partial charge in [-0.25, -0.2) is 18.8 Å². The standard InChI is InChI=1S/C22H32ClN3O6/c1-6-30-19(27)15-16(20(28)31-7-2)18-24-21(25-22(29)26(18)17(15)23)32-12-11-14(5)10-8-9-13(3)4/h13-14H,6-12H2,1-5H3,(H,24,25,29). The maximum atomic E-state index is 12.6. The minimum atomic E-state index is -0.844. The average Bonchev–Trinajstić information content (AvgIpc) is 3.01. The highest BCUT2D eigenvalue weighted by atomic mass is 35.5. The molecule has 0 fully saturated rings. The summed E-state index contributed by atoms with van der Waals surface area (Å²) in [6.45, 7) is 10.3. The molecule has 0 aliphatic rings. The van der Waals surface area contributed by atoms with Gasteiger partial charge in [-0.2, -0.15) is 4.98 Å². The summed E-state index contributed by atoms with van der Waals surface area (Å²) in [4.78, 5) is 44.4. The smallest absolute Gasteiger partial charge is 0.342 e. The lowest BCUT2D eigenvalue weighted by Crippen LogP contribution is -2.20. The molecule has 0 saturated carbocycles. The highest BCUT2D eigenvalue weighted by molar-refractivity contribution is 6.34. The Morgan fingerprint density at radius 3 is 2.25 bits per heavy atom. The molecule has 0 spiro atoms. The zero-order valence-electron chi connectivity index (χ0n) is 19.3. The fraction of sp³-hybridized carbons (Fsp3) is 0.636. The van der Waals surface area contributed by atoms with Crippen LogP contribution >= 0.6 is 11.6 Å². The molecular formula is C22H32ClN3O6. The van der Waals surface area contributed by atoms with E-state index in [1.54, 1.807) is 13.8 Å². The van der Waals surface area contributed by atoms with Crippen LogP contribution in [0.4, 0.5) is 0 Å². The van der Waals surface area contributed by atoms with Crippen molar-refractivity contribution in [1.29, 1.82) is 0 Å². The van der Waals surface area contributed by atoms with Crippen molar-refractivity contribution in [2.75, 3.05) is 19.8 Å². The molecule has 2 rings (SSSR count). The molecular weight excluding hydrogens is 438 g/mol. The number of hydrogen-bond acceptors (Lipinski definition) is 7. The largest absolute Gasteiger partial charge is 0.465 e. The molecule has 0 amide bonds. The van der Waals surface area contributed by atoms with Crippen LogP contribution in [0.1, 0.15) is 81.0 Å². The zero-order valence-corrected chi connectivity index (χ0v) is 20.1. The summed E-state index contributed by atoms with van der Waals surface area (Å²) < 4.78 is 16.6. The Morgan fingerprint density at radius 2 is 1.66 bits per heavy atom. The number of ether oxygens (including phenoxy) is 3. The second-order valence-corrected chi connectivity index (χ2v) is 8.41. The fourth-order valence-corrected chi connectivity index (χ4v) is 3.65. The van der Waals surface area contributed by atoms with E-state index >= 15 is 0 Å². The first-order valence-electron chi connectivity index (χ1n) is 11.0. The van der Waals surface area contributed by atoms with Crippen LogP contribution in [0.2, 0.25) is 5.15 Å². The van der Waals surface area contributed by atoms with Crippen LogP contribution in [0.5, 0.6) is 6.01 Å². The number of hydrogen-bond donors (Lipinski definition) is 1. The fourth-order valence-electron chi connectivity index (χ4n) is 3.32. The van der Waals surface area contributed by atoms with Crippen molar-refractivity contribution in [3.8, 4) is 6.01 Å². The molecule has 0 aliphatic heterocycles. The molecule has 2 aromatic rings. The van der Waals surface area contributed by atoms with Crippen molar-refractivity contribution >= 4 is 29.2 Å². The van der Waals surface area contributed by atoms with Crippen molar-refractivity contribution in [3.63, 3.8) is 0 Å². The van der Waals surface area contributed by atoms with E-state index in [-0.39, 0.29) is 41.2 Å². The minimum absolute atomic E-state index is 0.0630. The minimum Gasteiger partial charge on any atom is -0.465 e. The van der Waals surface area contributed by atoms with Crippen molar-refractivity contribution in [3.05, 3.63) is 26.8 Å². The van der Waals surface area contributed by atoms with Gasteiger partial charge in [0.05, 0.1) is 19.8 Å². The van der Waals surface area contributed by atoms with Crippen LogP contribution in [0.25, 0.3) is 5.65 Å². The van der Waals surface area contributed by atoms with Crippen LogP contribution in [0, 0.1) is 11.8 Å². The first-order valence-corrected chi connectivity index (χ1v) is 11.4. The maximum Gasteiger partial charge on any atom is 0.342 e. The summed E-state index contributed by atoms with van der Waals surface area (Å²) in [5.41, 5.74) is -1.31. The van der Waals surface area contributed by atoms with Crippen molar-refractivity contribution in [2.24, 2.45) is 11.8 Å². The highest BCUT2D eigenvalue weighted by Crippen LogP contribution is 2.28. The predicted molar refractivity (Wildman–Crippen MR) is 121 cm³/mol. The summed E-state index contributed by atoms with van der Waals surface area (Å²) in [5, 5.41) is -0.277. The summed E-state index contributed by atoms with van der Waals surface area (Å²) in [6.07, 6.45) is 4.22. The lowest BCUT2D eigenvalue weighted by molar-refractivity contribution is 0.0481. The second-order valence-electron chi connectivity index (χ2n) is 8.05. The van der Waals surface area contributed by atoms with E-state index in [0.717, 1.165) is 23.7 Å². The summed E-state index contributed by atoms with van der Waals surface area (Å²) >= 11 is 6.26. The number of halogens is 1. The van der Waals surface area contributed by atoms with Crippen LogP contribution in [0.15, 0.2) is 4.79 Å². The third kappa shape index (κ3) is 6.25. The number of carbonyl (C=O) groups is 2. The third-order valence-electron chi connectivity index (χ3n) is 5.00. The Kier molecular flexibility index (Phi) is 9.56. The summed E-state index contributed by atoms with van der Waals surface area (Å²) in [7, 11) is 0. The van der Waals surface area contributed by atoms with Gasteiger partial charge in [0.1, 0.15) is 16.3 Å². The zero-order chi connectivity index (χ0) is 23.8. The van der Waals surface area contributed by atoms with Gasteiger partial charge in [0.15, 0.2) is 5.65 Å². The Hall–Kier alpha value is -2.55. The number of aromatic nitrogens is 3. The van der Waals surface area contributed by atoms with Gasteiger partial charge < -0.3 is 14.2 Å². The predicted octanol–water partition coefficient (Wildman–Crippen LogP) is 4.26. The SMILES string of the molecule is CCOC(=O)c1c(C(=O)OCC)c2nc(OCCC(C)CCCC(C)C)[nH]c(=O)n2c1Cl. The molecule has 0 saturated heterocycles. The molecule has 178 valence electrons. The Morgan fingerprint density at radius 1 is 1.03 bits per heavy atom. The number of nitrogens with zero attached hydrogens (tertiary/aromatic N) is 2. The number of rotatable bonds is 12. The van der Waals surface area contributed by atoms with Gasteiger partial charge in [-0.05, 0) is 32.1 Å². The maximum absolute atomic E-state index is 12.6. The lowest BCUT2D eigenvalue weighted by Gasteiger charge is -2.12. The number of carbonyl (C=O) groups excluding carboxylic acids is 2. The first kappa shape index (κ1) is 25.7. The van der Waals surface area contributed by atoms with E-state index in [0.29, 0.717) is 18.4 Å². The van der Waals surface area contributed by atoms with Gasteiger partial charge in [-0.15, -0.1) is 0 Å². The Bertz CT molecular complexity index is 998. The molecule has 0 aliphatic carbocycles. The highest BCUT2D eigenvalue weighted by Gasteiger charge is 2.32. The van der Waals surface area contributed by atoms with Gasteiger partial charge in [0, 0.05) is 0 Å². The molecule has 2 aromatic heterocycles. The molecule has 0 radical (unpaired) electrons. The van der Waals surface area contributed by atoms with E-state index in [4.69, 9.17) is 25.8 Å². The van der Waals surface area contributed by atoms with E-state index in [2.05, 4.69) is 30.7 Å². The number of H-pyrrole nitrogens is 1. The molecule has 1 N–H and O–H groups in total. The van der Waals surface area contributed by atoms with Gasteiger partial charge in [-0.1, -0.05) is 51.6 Å². The van der Waals surface area contributed by atoms with E-state index in [1.165, 1.54) is 6.42 Å². The number of nitrogens with one attached hydrogen (secondary N) is 1. The number of esters is 2. The topological polar surface area (TPSA) is 112 Å². The van der Waals surface area contributed by atoms with E-state index in [1.807, 2.05) is 0 Å². The quantitative estimate of drug-likeness (QED) is 0.462. The molecule has 10 heteroatoms. The molecule has 32 heavy (non-hydrogen) atoms. The lowest BCUT2D eigenvalue weighted by atomic mass is 9.98. The van der Waals surface area contributed by atoms with Crippen molar-refractivity contribution in [1.82, 2.24) is 14.4 Å². The van der Waals surface area contributed by atoms with Crippen molar-refractivity contribution < 1.29 is 23.8 Å². The molecule has 9 nitrogen and oxygen atoms in total. The molecule has 2 heterocycles. The summed E-state index contributed by atoms with van der Waals surface area (Å²) in [6, 6.07) is -0.0630. The summed E-state index contributed by atoms with van der Waals surface area (Å²) in [5.74, 6) is -0.537. The number of aromatic amines is 1. The molecule has 0 bridgehead atoms. The molecule has 0 aromatic carbocycles. The van der Waals surface area contributed by atoms with Gasteiger partial charge in [0.25, 0.3) is 6.01 Å². The van der Waals surface area contributed by atoms with E-state index < -0.39 is 17.6 Å². The van der Waals surface area contributed by atoms with Crippen LogP contribution < -0.4 is 10.4 Å². The van der Waals surface area contributed by atoms with Crippen LogP contribution in [0.3, 0.4) is 0 Å². The van der Waals surface area contributed by atoms with E-state index in [9.17, 15) is 14.4 Å². The van der Waals surface area contributed by atoms with Crippen LogP contribution in [-0.2, 0) is 9.47 Å². The van der Waals surface area contributed by atoms with Gasteiger partial charge in [-0.3, -0.25) is 4.98 Å². The molecule has 1 atom stereocenters. The van der Waals surface area contributed by atoms with Gasteiger partial charge in [0.2, 0.25) is 0 Å². The van der Waals surface area contributed by atoms with Crippen molar-refractivity contribution in [2.45, 2.75) is 60.3 Å².